The number of thiazole rings is 1. The fourth-order valence-electron chi connectivity index (χ4n) is 3.68. The van der Waals surface area contributed by atoms with Gasteiger partial charge in [0, 0.05) is 30.4 Å². The third kappa shape index (κ3) is 4.18. The van der Waals surface area contributed by atoms with Gasteiger partial charge in [-0.2, -0.15) is 9.78 Å². The van der Waals surface area contributed by atoms with E-state index >= 15 is 0 Å². The van der Waals surface area contributed by atoms with E-state index < -0.39 is 5.91 Å². The first-order valence-electron chi connectivity index (χ1n) is 10.3. The fourth-order valence-corrected chi connectivity index (χ4v) is 4.38. The summed E-state index contributed by atoms with van der Waals surface area (Å²) in [5, 5.41) is 10.7. The molecule has 162 valence electrons. The number of para-hydroxylation sites is 1. The molecule has 0 radical (unpaired) electrons. The van der Waals surface area contributed by atoms with Crippen molar-refractivity contribution in [1.29, 1.82) is 0 Å². The minimum absolute atomic E-state index is 0.175. The molecule has 1 fully saturated rings. The third-order valence-corrected chi connectivity index (χ3v) is 6.09. The molecule has 32 heavy (non-hydrogen) atoms. The van der Waals surface area contributed by atoms with Crippen LogP contribution in [0.3, 0.4) is 0 Å². The van der Waals surface area contributed by atoms with Crippen molar-refractivity contribution in [2.75, 3.05) is 31.6 Å². The number of carbonyl (C=O) groups excluding carboxylic acids is 1. The van der Waals surface area contributed by atoms with E-state index in [1.54, 1.807) is 36.4 Å². The Bertz CT molecular complexity index is 1310. The van der Waals surface area contributed by atoms with E-state index in [-0.39, 0.29) is 11.3 Å². The number of ether oxygens (including phenoxy) is 1. The van der Waals surface area contributed by atoms with Gasteiger partial charge >= 0.3 is 0 Å². The Balaban J connectivity index is 1.45. The van der Waals surface area contributed by atoms with Gasteiger partial charge in [0.2, 0.25) is 0 Å². The van der Waals surface area contributed by atoms with Gasteiger partial charge in [-0.3, -0.25) is 19.8 Å². The summed E-state index contributed by atoms with van der Waals surface area (Å²) in [5.41, 5.74) is 1.40. The van der Waals surface area contributed by atoms with Gasteiger partial charge in [0.25, 0.3) is 11.5 Å². The van der Waals surface area contributed by atoms with Crippen molar-refractivity contribution < 1.29 is 9.53 Å². The van der Waals surface area contributed by atoms with Crippen LogP contribution in [0.5, 0.6) is 0 Å². The first-order valence-corrected chi connectivity index (χ1v) is 11.2. The average molecular weight is 448 g/mol. The Kier molecular flexibility index (Phi) is 5.76. The number of rotatable bonds is 5. The van der Waals surface area contributed by atoms with Gasteiger partial charge in [0.1, 0.15) is 0 Å². The first kappa shape index (κ1) is 20.5. The number of nitrogens with one attached hydrogen (secondary N) is 1. The van der Waals surface area contributed by atoms with Crippen LogP contribution in [0.15, 0.2) is 64.8 Å². The van der Waals surface area contributed by atoms with Gasteiger partial charge in [0.05, 0.1) is 30.0 Å². The molecule has 1 aliphatic heterocycles. The highest BCUT2D eigenvalue weighted by Crippen LogP contribution is 2.20. The molecule has 2 aromatic heterocycles. The summed E-state index contributed by atoms with van der Waals surface area (Å²) in [6.07, 6.45) is 0. The van der Waals surface area contributed by atoms with Crippen molar-refractivity contribution in [2.45, 2.75) is 6.54 Å². The molecule has 0 bridgehead atoms. The Hall–Kier alpha value is -3.40. The number of aromatic nitrogens is 3. The topological polar surface area (TPSA) is 89.3 Å². The van der Waals surface area contributed by atoms with Gasteiger partial charge in [-0.25, -0.2) is 4.98 Å². The second-order valence-electron chi connectivity index (χ2n) is 7.43. The summed E-state index contributed by atoms with van der Waals surface area (Å²) in [7, 11) is 0. The van der Waals surface area contributed by atoms with Crippen LogP contribution >= 0.6 is 11.3 Å². The zero-order valence-corrected chi connectivity index (χ0v) is 18.0. The molecule has 0 saturated carbocycles. The van der Waals surface area contributed by atoms with Crippen LogP contribution in [-0.4, -0.2) is 51.9 Å². The first-order chi connectivity index (χ1) is 15.7. The minimum Gasteiger partial charge on any atom is -0.379 e. The number of nitrogens with zero attached hydrogens (tertiary/aromatic N) is 4. The van der Waals surface area contributed by atoms with E-state index in [0.29, 0.717) is 21.6 Å². The Morgan fingerprint density at radius 2 is 1.75 bits per heavy atom. The van der Waals surface area contributed by atoms with Crippen LogP contribution in [-0.2, 0) is 11.3 Å². The van der Waals surface area contributed by atoms with E-state index in [4.69, 9.17) is 4.74 Å². The van der Waals surface area contributed by atoms with E-state index in [0.717, 1.165) is 38.5 Å². The molecule has 0 aliphatic carbocycles. The molecule has 5 rings (SSSR count). The lowest BCUT2D eigenvalue weighted by Gasteiger charge is -2.25. The van der Waals surface area contributed by atoms with Gasteiger partial charge in [-0.15, -0.1) is 11.3 Å². The molecule has 1 aliphatic rings. The third-order valence-electron chi connectivity index (χ3n) is 5.28. The molecule has 0 unspecified atom stereocenters. The molecule has 8 nitrogen and oxygen atoms in total. The number of anilines is 1. The lowest BCUT2D eigenvalue weighted by Crippen LogP contribution is -2.35. The number of fused-ring (bicyclic) bond motifs is 1. The number of carbonyl (C=O) groups is 1. The maximum absolute atomic E-state index is 13.2. The average Bonchev–Trinajstić information content (AvgIpc) is 3.27. The molecule has 1 amide bonds. The van der Waals surface area contributed by atoms with Gasteiger partial charge in [-0.1, -0.05) is 36.4 Å². The molecular formula is C23H21N5O3S. The van der Waals surface area contributed by atoms with Crippen molar-refractivity contribution >= 4 is 33.1 Å². The molecule has 2 aromatic carbocycles. The Morgan fingerprint density at radius 3 is 2.53 bits per heavy atom. The predicted octanol–water partition coefficient (Wildman–Crippen LogP) is 2.93. The second-order valence-corrected chi connectivity index (χ2v) is 8.29. The van der Waals surface area contributed by atoms with Crippen LogP contribution in [0.4, 0.5) is 5.13 Å². The largest absolute Gasteiger partial charge is 0.379 e. The molecule has 1 saturated heterocycles. The number of benzene rings is 2. The SMILES string of the molecule is O=C(Nc1nc(CN2CCOCC2)cs1)c1nn(-c2ccccc2)c(=O)c2ccccc12. The molecule has 0 spiro atoms. The standard InChI is InChI=1S/C23H21N5O3S/c29-21(25-23-24-16(15-32-23)14-27-10-12-31-13-11-27)20-18-8-4-5-9-19(18)22(30)28(26-20)17-6-2-1-3-7-17/h1-9,15H,10-14H2,(H,24,25,29). The van der Waals surface area contributed by atoms with Crippen LogP contribution in [0.1, 0.15) is 16.2 Å². The fraction of sp³-hybridized carbons (Fsp3) is 0.217. The zero-order chi connectivity index (χ0) is 21.9. The number of hydrogen-bond donors (Lipinski definition) is 1. The second kappa shape index (κ2) is 8.99. The predicted molar refractivity (Wildman–Crippen MR) is 124 cm³/mol. The van der Waals surface area contributed by atoms with Crippen molar-refractivity contribution in [3.63, 3.8) is 0 Å². The zero-order valence-electron chi connectivity index (χ0n) is 17.2. The lowest BCUT2D eigenvalue weighted by molar-refractivity contribution is 0.0337. The molecule has 4 aromatic rings. The van der Waals surface area contributed by atoms with Crippen LogP contribution in [0.25, 0.3) is 16.5 Å². The van der Waals surface area contributed by atoms with Crippen molar-refractivity contribution in [3.05, 3.63) is 81.7 Å². The highest BCUT2D eigenvalue weighted by atomic mass is 32.1. The molecule has 1 N–H and O–H groups in total. The molecular weight excluding hydrogens is 426 g/mol. The number of hydrogen-bond acceptors (Lipinski definition) is 7. The summed E-state index contributed by atoms with van der Waals surface area (Å²) in [5.74, 6) is -0.404. The summed E-state index contributed by atoms with van der Waals surface area (Å²) >= 11 is 1.37. The van der Waals surface area contributed by atoms with Crippen molar-refractivity contribution in [1.82, 2.24) is 19.7 Å². The smallest absolute Gasteiger partial charge is 0.279 e. The van der Waals surface area contributed by atoms with Crippen LogP contribution in [0, 0.1) is 0 Å². The maximum Gasteiger partial charge on any atom is 0.279 e. The van der Waals surface area contributed by atoms with Crippen molar-refractivity contribution in [3.8, 4) is 5.69 Å². The van der Waals surface area contributed by atoms with Crippen molar-refractivity contribution in [2.24, 2.45) is 0 Å². The van der Waals surface area contributed by atoms with E-state index in [9.17, 15) is 9.59 Å². The van der Waals surface area contributed by atoms with E-state index in [1.807, 2.05) is 23.6 Å². The number of amides is 1. The normalized spacial score (nSPS) is 14.5. The summed E-state index contributed by atoms with van der Waals surface area (Å²) < 4.78 is 6.65. The maximum atomic E-state index is 13.2. The van der Waals surface area contributed by atoms with E-state index in [2.05, 4.69) is 20.3 Å². The highest BCUT2D eigenvalue weighted by Gasteiger charge is 2.19. The van der Waals surface area contributed by atoms with Gasteiger partial charge in [-0.05, 0) is 18.2 Å². The summed E-state index contributed by atoms with van der Waals surface area (Å²) in [6.45, 7) is 3.91. The molecule has 0 atom stereocenters. The Labute approximate surface area is 188 Å². The lowest BCUT2D eigenvalue weighted by atomic mass is 10.1. The quantitative estimate of drug-likeness (QED) is 0.506. The summed E-state index contributed by atoms with van der Waals surface area (Å²) in [4.78, 5) is 33.0. The highest BCUT2D eigenvalue weighted by molar-refractivity contribution is 7.14. The van der Waals surface area contributed by atoms with Gasteiger partial charge in [0.15, 0.2) is 10.8 Å². The van der Waals surface area contributed by atoms with Crippen LogP contribution in [0.2, 0.25) is 0 Å². The number of morpholine rings is 1. The minimum atomic E-state index is -0.404. The van der Waals surface area contributed by atoms with Gasteiger partial charge < -0.3 is 4.74 Å². The summed E-state index contributed by atoms with van der Waals surface area (Å²) in [6, 6.07) is 16.1. The van der Waals surface area contributed by atoms with Crippen LogP contribution < -0.4 is 10.9 Å². The monoisotopic (exact) mass is 447 g/mol. The molecule has 9 heteroatoms. The Morgan fingerprint density at radius 1 is 1.03 bits per heavy atom. The van der Waals surface area contributed by atoms with E-state index in [1.165, 1.54) is 16.0 Å². The molecule has 3 heterocycles.